The molecule has 0 radical (unpaired) electrons. The Balaban J connectivity index is 2.40. The molecule has 4 heteroatoms. The van der Waals surface area contributed by atoms with Crippen LogP contribution in [-0.2, 0) is 0 Å². The molecule has 0 unspecified atom stereocenters. The van der Waals surface area contributed by atoms with E-state index in [1.807, 2.05) is 37.3 Å². The Kier molecular flexibility index (Phi) is 3.67. The maximum absolute atomic E-state index is 5.80. The lowest BCUT2D eigenvalue weighted by Gasteiger charge is -2.08. The number of benzene rings is 1. The minimum Gasteiger partial charge on any atom is -0.497 e. The number of anilines is 1. The molecule has 2 rings (SSSR count). The predicted octanol–water partition coefficient (Wildman–Crippen LogP) is 2.74. The van der Waals surface area contributed by atoms with Crippen LogP contribution in [0.4, 0.5) is 5.69 Å². The molecule has 1 heterocycles. The van der Waals surface area contributed by atoms with Gasteiger partial charge in [0.2, 0.25) is 5.88 Å². The summed E-state index contributed by atoms with van der Waals surface area (Å²) in [5.41, 5.74) is 8.12. The first kappa shape index (κ1) is 12.2. The molecule has 0 aliphatic heterocycles. The van der Waals surface area contributed by atoms with Gasteiger partial charge in [0.05, 0.1) is 25.1 Å². The number of nitrogens with zero attached hydrogens (tertiary/aromatic N) is 1. The van der Waals surface area contributed by atoms with Gasteiger partial charge in [0.25, 0.3) is 0 Å². The Morgan fingerprint density at radius 1 is 1.22 bits per heavy atom. The average Bonchev–Trinajstić information content (AvgIpc) is 2.41. The molecule has 1 aromatic carbocycles. The van der Waals surface area contributed by atoms with Crippen LogP contribution in [0, 0.1) is 0 Å². The molecule has 0 saturated heterocycles. The Bertz CT molecular complexity index is 541. The van der Waals surface area contributed by atoms with Crippen LogP contribution in [-0.4, -0.2) is 18.7 Å². The summed E-state index contributed by atoms with van der Waals surface area (Å²) in [5.74, 6) is 1.27. The zero-order valence-corrected chi connectivity index (χ0v) is 10.5. The van der Waals surface area contributed by atoms with E-state index in [9.17, 15) is 0 Å². The van der Waals surface area contributed by atoms with Gasteiger partial charge in [-0.05, 0) is 31.2 Å². The Morgan fingerprint density at radius 3 is 2.78 bits per heavy atom. The summed E-state index contributed by atoms with van der Waals surface area (Å²) in [5, 5.41) is 0. The summed E-state index contributed by atoms with van der Waals surface area (Å²) >= 11 is 0. The molecule has 0 aliphatic carbocycles. The van der Waals surface area contributed by atoms with Gasteiger partial charge >= 0.3 is 0 Å². The molecule has 2 N–H and O–H groups in total. The summed E-state index contributed by atoms with van der Waals surface area (Å²) in [6, 6.07) is 11.4. The summed E-state index contributed by atoms with van der Waals surface area (Å²) < 4.78 is 10.6. The van der Waals surface area contributed by atoms with Crippen molar-refractivity contribution in [3.63, 3.8) is 0 Å². The fraction of sp³-hybridized carbons (Fsp3) is 0.214. The molecule has 0 fully saturated rings. The van der Waals surface area contributed by atoms with E-state index < -0.39 is 0 Å². The minimum absolute atomic E-state index is 0.470. The van der Waals surface area contributed by atoms with Gasteiger partial charge in [-0.2, -0.15) is 0 Å². The highest BCUT2D eigenvalue weighted by Crippen LogP contribution is 2.27. The lowest BCUT2D eigenvalue weighted by atomic mass is 10.1. The van der Waals surface area contributed by atoms with Gasteiger partial charge in [-0.3, -0.25) is 0 Å². The first-order valence-corrected chi connectivity index (χ1v) is 5.78. The largest absolute Gasteiger partial charge is 0.497 e. The van der Waals surface area contributed by atoms with Crippen LogP contribution in [0.25, 0.3) is 11.3 Å². The lowest BCUT2D eigenvalue weighted by Crippen LogP contribution is -2.00. The highest BCUT2D eigenvalue weighted by molar-refractivity contribution is 5.64. The summed E-state index contributed by atoms with van der Waals surface area (Å²) in [7, 11) is 1.64. The maximum atomic E-state index is 5.80. The molecule has 18 heavy (non-hydrogen) atoms. The number of hydrogen-bond acceptors (Lipinski definition) is 4. The zero-order valence-electron chi connectivity index (χ0n) is 10.5. The quantitative estimate of drug-likeness (QED) is 0.898. The van der Waals surface area contributed by atoms with Gasteiger partial charge in [0.15, 0.2) is 0 Å². The summed E-state index contributed by atoms with van der Waals surface area (Å²) in [4.78, 5) is 4.40. The number of rotatable bonds is 4. The molecule has 1 aromatic heterocycles. The molecule has 0 amide bonds. The van der Waals surface area contributed by atoms with Gasteiger partial charge in [0.1, 0.15) is 5.75 Å². The van der Waals surface area contributed by atoms with Crippen molar-refractivity contribution in [2.75, 3.05) is 19.5 Å². The molecule has 0 saturated carbocycles. The van der Waals surface area contributed by atoms with Gasteiger partial charge in [-0.15, -0.1) is 0 Å². The number of nitrogen functional groups attached to an aromatic ring is 1. The van der Waals surface area contributed by atoms with E-state index in [2.05, 4.69) is 4.98 Å². The first-order chi connectivity index (χ1) is 8.74. The monoisotopic (exact) mass is 244 g/mol. The topological polar surface area (TPSA) is 57.4 Å². The fourth-order valence-electron chi connectivity index (χ4n) is 1.65. The lowest BCUT2D eigenvalue weighted by molar-refractivity contribution is 0.329. The average molecular weight is 244 g/mol. The van der Waals surface area contributed by atoms with E-state index in [-0.39, 0.29) is 0 Å². The summed E-state index contributed by atoms with van der Waals surface area (Å²) in [6.45, 7) is 2.44. The van der Waals surface area contributed by atoms with Crippen molar-refractivity contribution < 1.29 is 9.47 Å². The van der Waals surface area contributed by atoms with Gasteiger partial charge in [-0.1, -0.05) is 12.1 Å². The number of pyridine rings is 1. The van der Waals surface area contributed by atoms with Crippen LogP contribution in [0.5, 0.6) is 11.6 Å². The fourth-order valence-corrected chi connectivity index (χ4v) is 1.65. The third-order valence-electron chi connectivity index (χ3n) is 2.54. The van der Waals surface area contributed by atoms with Crippen LogP contribution < -0.4 is 15.2 Å². The molecule has 0 aliphatic rings. The SMILES string of the molecule is CCOc1nc(-c2cccc(OC)c2)ccc1N. The number of ether oxygens (including phenoxy) is 2. The van der Waals surface area contributed by atoms with Crippen LogP contribution >= 0.6 is 0 Å². The number of methoxy groups -OCH3 is 1. The standard InChI is InChI=1S/C14H16N2O2/c1-3-18-14-12(15)7-8-13(16-14)10-5-4-6-11(9-10)17-2/h4-9H,3,15H2,1-2H3. The summed E-state index contributed by atoms with van der Waals surface area (Å²) in [6.07, 6.45) is 0. The smallest absolute Gasteiger partial charge is 0.237 e. The molecule has 2 aromatic rings. The van der Waals surface area contributed by atoms with Crippen LogP contribution in [0.1, 0.15) is 6.92 Å². The second kappa shape index (κ2) is 5.40. The van der Waals surface area contributed by atoms with Crippen molar-refractivity contribution in [1.82, 2.24) is 4.98 Å². The van der Waals surface area contributed by atoms with E-state index in [0.717, 1.165) is 17.0 Å². The van der Waals surface area contributed by atoms with Crippen molar-refractivity contribution in [3.05, 3.63) is 36.4 Å². The maximum Gasteiger partial charge on any atom is 0.237 e. The Morgan fingerprint density at radius 2 is 2.06 bits per heavy atom. The van der Waals surface area contributed by atoms with Crippen LogP contribution in [0.3, 0.4) is 0 Å². The number of aromatic nitrogens is 1. The van der Waals surface area contributed by atoms with Crippen molar-refractivity contribution in [2.45, 2.75) is 6.92 Å². The molecule has 0 bridgehead atoms. The van der Waals surface area contributed by atoms with Gasteiger partial charge < -0.3 is 15.2 Å². The van der Waals surface area contributed by atoms with E-state index in [4.69, 9.17) is 15.2 Å². The van der Waals surface area contributed by atoms with Gasteiger partial charge in [-0.25, -0.2) is 4.98 Å². The van der Waals surface area contributed by atoms with E-state index >= 15 is 0 Å². The molecule has 94 valence electrons. The highest BCUT2D eigenvalue weighted by Gasteiger charge is 2.06. The molecular formula is C14H16N2O2. The third kappa shape index (κ3) is 2.53. The highest BCUT2D eigenvalue weighted by atomic mass is 16.5. The number of hydrogen-bond donors (Lipinski definition) is 1. The van der Waals surface area contributed by atoms with Crippen molar-refractivity contribution in [3.8, 4) is 22.9 Å². The Labute approximate surface area is 106 Å². The van der Waals surface area contributed by atoms with Gasteiger partial charge in [0, 0.05) is 5.56 Å². The second-order valence-corrected chi connectivity index (χ2v) is 3.76. The molecule has 0 spiro atoms. The predicted molar refractivity (Wildman–Crippen MR) is 71.8 cm³/mol. The van der Waals surface area contributed by atoms with Crippen LogP contribution in [0.2, 0.25) is 0 Å². The van der Waals surface area contributed by atoms with E-state index in [0.29, 0.717) is 18.2 Å². The van der Waals surface area contributed by atoms with E-state index in [1.165, 1.54) is 0 Å². The zero-order chi connectivity index (χ0) is 13.0. The van der Waals surface area contributed by atoms with Crippen LogP contribution in [0.15, 0.2) is 36.4 Å². The number of nitrogens with two attached hydrogens (primary N) is 1. The first-order valence-electron chi connectivity index (χ1n) is 5.78. The second-order valence-electron chi connectivity index (χ2n) is 3.76. The third-order valence-corrected chi connectivity index (χ3v) is 2.54. The normalized spacial score (nSPS) is 10.1. The minimum atomic E-state index is 0.470. The molecule has 0 atom stereocenters. The molecular weight excluding hydrogens is 228 g/mol. The van der Waals surface area contributed by atoms with Crippen molar-refractivity contribution in [1.29, 1.82) is 0 Å². The Hall–Kier alpha value is -2.23. The van der Waals surface area contributed by atoms with Crippen molar-refractivity contribution in [2.24, 2.45) is 0 Å². The molecule has 4 nitrogen and oxygen atoms in total. The van der Waals surface area contributed by atoms with Crippen molar-refractivity contribution >= 4 is 5.69 Å². The van der Waals surface area contributed by atoms with E-state index in [1.54, 1.807) is 13.2 Å².